The van der Waals surface area contributed by atoms with Crippen LogP contribution in [-0.2, 0) is 28.4 Å². The summed E-state index contributed by atoms with van der Waals surface area (Å²) in [5.74, 6) is 0. The minimum Gasteiger partial charge on any atom is -0.394 e. The Hall–Kier alpha value is -0.600. The molecule has 0 amide bonds. The Morgan fingerprint density at radius 3 is 1.86 bits per heavy atom. The van der Waals surface area contributed by atoms with E-state index in [2.05, 4.69) is 6.92 Å². The van der Waals surface area contributed by atoms with Gasteiger partial charge in [-0.1, -0.05) is 39.0 Å². The van der Waals surface area contributed by atoms with E-state index in [-0.39, 0.29) is 6.61 Å². The highest BCUT2D eigenvalue weighted by atomic mass is 16.8. The van der Waals surface area contributed by atoms with Gasteiger partial charge in [-0.3, -0.25) is 0 Å². The first-order valence-electron chi connectivity index (χ1n) is 14.8. The van der Waals surface area contributed by atoms with Crippen molar-refractivity contribution in [2.24, 2.45) is 0 Å². The SMILES string of the molecule is CCCCCCCCO[C@@H]1O[C@H](CO)[C@H](O)[C@](C)(O[C@H]2O[C@H](CO)[C@H](O)[C@H](O)[C@H]2O)[C@H]1O[C@@H]1O[C@@H](C)[C@@H](O)[C@@H](O)[C@@H]1O. The van der Waals surface area contributed by atoms with Crippen molar-refractivity contribution in [3.63, 3.8) is 0 Å². The van der Waals surface area contributed by atoms with Gasteiger partial charge in [0, 0.05) is 6.61 Å². The standard InChI is InChI=1S/C27H50O15/c1-4-5-6-7-8-9-10-37-26-23(41-24-20(34)18(32)16(30)13(2)38-24)27(3,22(36)15(12-29)40-26)42-25-21(35)19(33)17(31)14(11-28)39-25/h13-26,28-36H,4-12H2,1-3H3/t13-,14+,15+,16+,17-,18+,19-,20-,21+,22-,23-,24-,25+,26+,27-/m0/s1. The van der Waals surface area contributed by atoms with E-state index in [1.54, 1.807) is 0 Å². The molecule has 3 heterocycles. The van der Waals surface area contributed by atoms with Crippen LogP contribution in [0.25, 0.3) is 0 Å². The van der Waals surface area contributed by atoms with Gasteiger partial charge < -0.3 is 74.4 Å². The summed E-state index contributed by atoms with van der Waals surface area (Å²) in [5.41, 5.74) is -1.97. The first-order chi connectivity index (χ1) is 19.9. The highest BCUT2D eigenvalue weighted by Crippen LogP contribution is 2.40. The topological polar surface area (TPSA) is 237 Å². The molecule has 3 aliphatic rings. The molecule has 42 heavy (non-hydrogen) atoms. The van der Waals surface area contributed by atoms with E-state index in [1.165, 1.54) is 13.8 Å². The molecule has 3 aliphatic heterocycles. The minimum absolute atomic E-state index is 0.187. The Morgan fingerprint density at radius 2 is 1.21 bits per heavy atom. The molecule has 3 saturated heterocycles. The van der Waals surface area contributed by atoms with Crippen LogP contribution in [0.1, 0.15) is 59.3 Å². The maximum absolute atomic E-state index is 11.3. The normalized spacial score (nSPS) is 46.6. The smallest absolute Gasteiger partial charge is 0.187 e. The fourth-order valence-corrected chi connectivity index (χ4v) is 5.50. The molecular weight excluding hydrogens is 564 g/mol. The molecule has 0 aromatic heterocycles. The molecule has 3 fully saturated rings. The molecule has 3 rings (SSSR count). The van der Waals surface area contributed by atoms with Gasteiger partial charge in [0.2, 0.25) is 0 Å². The summed E-state index contributed by atoms with van der Waals surface area (Å²) < 4.78 is 35.0. The van der Waals surface area contributed by atoms with Crippen molar-refractivity contribution in [1.29, 1.82) is 0 Å². The zero-order valence-corrected chi connectivity index (χ0v) is 24.4. The van der Waals surface area contributed by atoms with Gasteiger partial charge in [0.05, 0.1) is 19.3 Å². The van der Waals surface area contributed by atoms with Gasteiger partial charge >= 0.3 is 0 Å². The van der Waals surface area contributed by atoms with Gasteiger partial charge in [-0.25, -0.2) is 0 Å². The number of rotatable bonds is 14. The molecule has 15 atom stereocenters. The van der Waals surface area contributed by atoms with Gasteiger partial charge in [-0.2, -0.15) is 0 Å². The van der Waals surface area contributed by atoms with Crippen molar-refractivity contribution < 1.29 is 74.4 Å². The molecule has 0 aromatic carbocycles. The maximum atomic E-state index is 11.3. The van der Waals surface area contributed by atoms with E-state index >= 15 is 0 Å². The number of aliphatic hydroxyl groups excluding tert-OH is 9. The molecule has 0 aromatic rings. The molecule has 0 spiro atoms. The van der Waals surface area contributed by atoms with Gasteiger partial charge in [0.15, 0.2) is 18.9 Å². The molecular formula is C27H50O15. The lowest BCUT2D eigenvalue weighted by Gasteiger charge is -2.53. The van der Waals surface area contributed by atoms with Crippen molar-refractivity contribution in [3.8, 4) is 0 Å². The Labute approximate surface area is 245 Å². The Balaban J connectivity index is 1.89. The summed E-state index contributed by atoms with van der Waals surface area (Å²) in [4.78, 5) is 0. The summed E-state index contributed by atoms with van der Waals surface area (Å²) in [6.45, 7) is 3.71. The van der Waals surface area contributed by atoms with Gasteiger partial charge in [0.1, 0.15) is 66.6 Å². The molecule has 9 N–H and O–H groups in total. The molecule has 0 aliphatic carbocycles. The number of unbranched alkanes of at least 4 members (excludes halogenated alkanes) is 5. The Bertz CT molecular complexity index is 791. The van der Waals surface area contributed by atoms with Crippen molar-refractivity contribution in [3.05, 3.63) is 0 Å². The van der Waals surface area contributed by atoms with Crippen LogP contribution in [-0.4, -0.2) is 157 Å². The summed E-state index contributed by atoms with van der Waals surface area (Å²) in [5, 5.41) is 93.2. The Kier molecular flexibility index (Phi) is 13.8. The van der Waals surface area contributed by atoms with Gasteiger partial charge in [-0.05, 0) is 20.3 Å². The number of ether oxygens (including phenoxy) is 6. The van der Waals surface area contributed by atoms with Crippen LogP contribution in [0, 0.1) is 0 Å². The lowest BCUT2D eigenvalue weighted by molar-refractivity contribution is -0.414. The van der Waals surface area contributed by atoms with Crippen molar-refractivity contribution in [1.82, 2.24) is 0 Å². The zero-order chi connectivity index (χ0) is 31.2. The largest absolute Gasteiger partial charge is 0.394 e. The van der Waals surface area contributed by atoms with Crippen LogP contribution in [0.4, 0.5) is 0 Å². The predicted octanol–water partition coefficient (Wildman–Crippen LogP) is -2.77. The second-order valence-electron chi connectivity index (χ2n) is 11.5. The molecule has 248 valence electrons. The summed E-state index contributed by atoms with van der Waals surface area (Å²) >= 11 is 0. The van der Waals surface area contributed by atoms with Crippen LogP contribution in [0.15, 0.2) is 0 Å². The fourth-order valence-electron chi connectivity index (χ4n) is 5.50. The number of hydrogen-bond acceptors (Lipinski definition) is 15. The molecule has 0 saturated carbocycles. The summed E-state index contributed by atoms with van der Waals surface area (Å²) in [7, 11) is 0. The van der Waals surface area contributed by atoms with Gasteiger partial charge in [-0.15, -0.1) is 0 Å². The number of hydrogen-bond donors (Lipinski definition) is 9. The van der Waals surface area contributed by atoms with Crippen molar-refractivity contribution in [2.75, 3.05) is 19.8 Å². The number of aliphatic hydroxyl groups is 9. The first-order valence-corrected chi connectivity index (χ1v) is 14.8. The Morgan fingerprint density at radius 1 is 0.643 bits per heavy atom. The molecule has 15 heteroatoms. The lowest BCUT2D eigenvalue weighted by Crippen LogP contribution is -2.72. The average molecular weight is 615 g/mol. The third kappa shape index (κ3) is 7.97. The van der Waals surface area contributed by atoms with Crippen LogP contribution >= 0.6 is 0 Å². The van der Waals surface area contributed by atoms with Crippen molar-refractivity contribution in [2.45, 2.75) is 151 Å². The molecule has 0 unspecified atom stereocenters. The second kappa shape index (κ2) is 16.1. The van der Waals surface area contributed by atoms with Crippen LogP contribution in [0.3, 0.4) is 0 Å². The van der Waals surface area contributed by atoms with E-state index in [1.807, 2.05) is 0 Å². The van der Waals surface area contributed by atoms with Crippen LogP contribution in [0.2, 0.25) is 0 Å². The first kappa shape index (κ1) is 35.9. The van der Waals surface area contributed by atoms with Gasteiger partial charge in [0.25, 0.3) is 0 Å². The lowest BCUT2D eigenvalue weighted by atomic mass is 9.84. The van der Waals surface area contributed by atoms with Crippen LogP contribution in [0.5, 0.6) is 0 Å². The molecule has 0 radical (unpaired) electrons. The van der Waals surface area contributed by atoms with E-state index in [9.17, 15) is 46.0 Å². The van der Waals surface area contributed by atoms with E-state index in [0.29, 0.717) is 6.42 Å². The average Bonchev–Trinajstić information content (AvgIpc) is 2.97. The van der Waals surface area contributed by atoms with Crippen LogP contribution < -0.4 is 0 Å². The molecule has 15 nitrogen and oxygen atoms in total. The highest BCUT2D eigenvalue weighted by Gasteiger charge is 2.60. The summed E-state index contributed by atoms with van der Waals surface area (Å²) in [6, 6.07) is 0. The van der Waals surface area contributed by atoms with Crippen molar-refractivity contribution >= 4 is 0 Å². The molecule has 0 bridgehead atoms. The quantitative estimate of drug-likeness (QED) is 0.0900. The third-order valence-electron chi connectivity index (χ3n) is 8.33. The zero-order valence-electron chi connectivity index (χ0n) is 24.4. The monoisotopic (exact) mass is 614 g/mol. The van der Waals surface area contributed by atoms with E-state index < -0.39 is 105 Å². The second-order valence-corrected chi connectivity index (χ2v) is 11.5. The third-order valence-corrected chi connectivity index (χ3v) is 8.33. The maximum Gasteiger partial charge on any atom is 0.187 e. The predicted molar refractivity (Wildman–Crippen MR) is 142 cm³/mol. The summed E-state index contributed by atoms with van der Waals surface area (Å²) in [6.07, 6.45) is -15.6. The van der Waals surface area contributed by atoms with E-state index in [0.717, 1.165) is 32.1 Å². The minimum atomic E-state index is -1.97. The highest BCUT2D eigenvalue weighted by molar-refractivity contribution is 5.04. The van der Waals surface area contributed by atoms with E-state index in [4.69, 9.17) is 28.4 Å². The fraction of sp³-hybridized carbons (Fsp3) is 1.00.